The summed E-state index contributed by atoms with van der Waals surface area (Å²) >= 11 is 0. The number of hydrogen-bond acceptors (Lipinski definition) is 5. The molecular formula is C17H21F3N4O2. The van der Waals surface area contributed by atoms with Crippen LogP contribution in [-0.4, -0.2) is 48.0 Å². The largest absolute Gasteiger partial charge is 0.416 e. The third-order valence-corrected chi connectivity index (χ3v) is 4.16. The van der Waals surface area contributed by atoms with Crippen molar-refractivity contribution in [3.05, 3.63) is 40.1 Å². The average Bonchev–Trinajstić information content (AvgIpc) is 2.61. The number of nitro benzene ring substituents is 1. The lowest BCUT2D eigenvalue weighted by atomic mass is 10.1. The van der Waals surface area contributed by atoms with Crippen LogP contribution in [0.2, 0.25) is 0 Å². The van der Waals surface area contributed by atoms with E-state index in [1.165, 1.54) is 6.20 Å². The number of rotatable bonds is 2. The molecule has 0 N–H and O–H groups in total. The molecule has 26 heavy (non-hydrogen) atoms. The lowest BCUT2D eigenvalue weighted by molar-refractivity contribution is -0.383. The van der Waals surface area contributed by atoms with Gasteiger partial charge in [-0.05, 0) is 19.2 Å². The molecule has 0 spiro atoms. The van der Waals surface area contributed by atoms with Crippen LogP contribution in [0.15, 0.2) is 24.4 Å². The Morgan fingerprint density at radius 2 is 1.73 bits per heavy atom. The number of fused-ring (bicyclic) bond motifs is 1. The van der Waals surface area contributed by atoms with Crippen LogP contribution in [0.25, 0.3) is 10.9 Å². The molecule has 0 bridgehead atoms. The number of aromatic nitrogens is 1. The summed E-state index contributed by atoms with van der Waals surface area (Å²) in [4.78, 5) is 18.6. The first-order chi connectivity index (χ1) is 12.3. The van der Waals surface area contributed by atoms with Gasteiger partial charge in [0.05, 0.1) is 33.3 Å². The lowest BCUT2D eigenvalue weighted by Gasteiger charge is -2.33. The van der Waals surface area contributed by atoms with E-state index in [1.807, 2.05) is 25.8 Å². The molecule has 0 radical (unpaired) electrons. The van der Waals surface area contributed by atoms with Crippen molar-refractivity contribution in [2.45, 2.75) is 20.0 Å². The summed E-state index contributed by atoms with van der Waals surface area (Å²) in [5.41, 5.74) is -1.00. The summed E-state index contributed by atoms with van der Waals surface area (Å²) in [6.45, 7) is 7.15. The van der Waals surface area contributed by atoms with Gasteiger partial charge >= 0.3 is 6.18 Å². The zero-order valence-corrected chi connectivity index (χ0v) is 14.9. The molecule has 3 rings (SSSR count). The summed E-state index contributed by atoms with van der Waals surface area (Å²) in [6, 6.07) is 2.96. The Kier molecular flexibility index (Phi) is 6.01. The highest BCUT2D eigenvalue weighted by Crippen LogP contribution is 2.36. The van der Waals surface area contributed by atoms with Gasteiger partial charge in [-0.3, -0.25) is 15.1 Å². The molecule has 0 aliphatic carbocycles. The fourth-order valence-corrected chi connectivity index (χ4v) is 2.75. The van der Waals surface area contributed by atoms with Crippen LogP contribution >= 0.6 is 0 Å². The van der Waals surface area contributed by atoms with Gasteiger partial charge in [0.25, 0.3) is 5.69 Å². The maximum atomic E-state index is 12.9. The van der Waals surface area contributed by atoms with Gasteiger partial charge in [-0.25, -0.2) is 0 Å². The molecule has 2 heterocycles. The van der Waals surface area contributed by atoms with E-state index in [0.717, 1.165) is 32.2 Å². The highest BCUT2D eigenvalue weighted by atomic mass is 19.4. The molecule has 0 amide bonds. The molecule has 0 saturated carbocycles. The standard InChI is InChI=1S/C15H15F3N4O2.C2H6/c1-20-2-4-21(5-3-20)11-8-12-13(19-9-11)6-10(15(16,17)18)7-14(12)22(23)24;1-2/h6-9H,2-5H2,1H3;1-2H3. The van der Waals surface area contributed by atoms with Crippen LogP contribution in [0, 0.1) is 10.1 Å². The smallest absolute Gasteiger partial charge is 0.368 e. The van der Waals surface area contributed by atoms with Crippen LogP contribution < -0.4 is 4.90 Å². The summed E-state index contributed by atoms with van der Waals surface area (Å²) in [5.74, 6) is 0. The zero-order valence-electron chi connectivity index (χ0n) is 14.9. The van der Waals surface area contributed by atoms with Crippen molar-refractivity contribution in [3.63, 3.8) is 0 Å². The maximum absolute atomic E-state index is 12.9. The molecule has 1 fully saturated rings. The molecule has 1 aliphatic heterocycles. The molecule has 1 aromatic carbocycles. The highest BCUT2D eigenvalue weighted by Gasteiger charge is 2.33. The first kappa shape index (κ1) is 19.9. The number of anilines is 1. The number of nitrogens with zero attached hydrogens (tertiary/aromatic N) is 4. The van der Waals surface area contributed by atoms with Crippen LogP contribution in [-0.2, 0) is 6.18 Å². The third kappa shape index (κ3) is 4.21. The van der Waals surface area contributed by atoms with E-state index in [9.17, 15) is 23.3 Å². The summed E-state index contributed by atoms with van der Waals surface area (Å²) in [7, 11) is 2.00. The van der Waals surface area contributed by atoms with Crippen molar-refractivity contribution >= 4 is 22.3 Å². The van der Waals surface area contributed by atoms with Crippen LogP contribution in [0.5, 0.6) is 0 Å². The lowest BCUT2D eigenvalue weighted by Crippen LogP contribution is -2.44. The maximum Gasteiger partial charge on any atom is 0.416 e. The topological polar surface area (TPSA) is 62.5 Å². The first-order valence-corrected chi connectivity index (χ1v) is 8.34. The van der Waals surface area contributed by atoms with Crippen molar-refractivity contribution in [2.24, 2.45) is 0 Å². The van der Waals surface area contributed by atoms with Crippen LogP contribution in [0.3, 0.4) is 0 Å². The molecule has 1 aliphatic rings. The quantitative estimate of drug-likeness (QED) is 0.592. The number of pyridine rings is 1. The van der Waals surface area contributed by atoms with E-state index in [-0.39, 0.29) is 10.9 Å². The van der Waals surface area contributed by atoms with Gasteiger partial charge in [-0.1, -0.05) is 13.8 Å². The Morgan fingerprint density at radius 3 is 2.27 bits per heavy atom. The van der Waals surface area contributed by atoms with Gasteiger partial charge in [0.2, 0.25) is 0 Å². The average molecular weight is 370 g/mol. The third-order valence-electron chi connectivity index (χ3n) is 4.16. The Bertz CT molecular complexity index is 787. The minimum atomic E-state index is -4.66. The SMILES string of the molecule is CC.CN1CCN(c2cnc3cc(C(F)(F)F)cc([N+](=O)[O-])c3c2)CC1. The van der Waals surface area contributed by atoms with E-state index in [4.69, 9.17) is 0 Å². The summed E-state index contributed by atoms with van der Waals surface area (Å²) in [5, 5.41) is 11.3. The number of piperazine rings is 1. The Balaban J connectivity index is 0.00000117. The van der Waals surface area contributed by atoms with Crippen molar-refractivity contribution in [2.75, 3.05) is 38.1 Å². The van der Waals surface area contributed by atoms with Crippen molar-refractivity contribution in [3.8, 4) is 0 Å². The molecule has 0 atom stereocenters. The minimum Gasteiger partial charge on any atom is -0.368 e. The van der Waals surface area contributed by atoms with Crippen molar-refractivity contribution in [1.82, 2.24) is 9.88 Å². The second-order valence-corrected chi connectivity index (χ2v) is 5.80. The van der Waals surface area contributed by atoms with E-state index < -0.39 is 22.4 Å². The number of non-ortho nitro benzene ring substituents is 1. The predicted molar refractivity (Wildman–Crippen MR) is 94.5 cm³/mol. The van der Waals surface area contributed by atoms with Gasteiger partial charge < -0.3 is 9.80 Å². The number of halogens is 3. The second kappa shape index (κ2) is 7.86. The molecule has 0 unspecified atom stereocenters. The number of likely N-dealkylation sites (N-methyl/N-ethyl adjacent to an activating group) is 1. The number of alkyl halides is 3. The molecular weight excluding hydrogens is 349 g/mol. The summed E-state index contributed by atoms with van der Waals surface area (Å²) in [6.07, 6.45) is -3.19. The van der Waals surface area contributed by atoms with Crippen molar-refractivity contribution < 1.29 is 18.1 Å². The Hall–Kier alpha value is -2.42. The normalized spacial score (nSPS) is 15.5. The molecule has 1 saturated heterocycles. The molecule has 2 aromatic rings. The zero-order chi connectivity index (χ0) is 19.5. The predicted octanol–water partition coefficient (Wildman–Crippen LogP) is 3.94. The van der Waals surface area contributed by atoms with Crippen LogP contribution in [0.4, 0.5) is 24.5 Å². The van der Waals surface area contributed by atoms with E-state index >= 15 is 0 Å². The minimum absolute atomic E-state index is 0.0330. The number of nitro groups is 1. The molecule has 9 heteroatoms. The fraction of sp³-hybridized carbons (Fsp3) is 0.471. The molecule has 142 valence electrons. The van der Waals surface area contributed by atoms with Gasteiger partial charge in [0.1, 0.15) is 0 Å². The highest BCUT2D eigenvalue weighted by molar-refractivity contribution is 5.91. The molecule has 1 aromatic heterocycles. The van der Waals surface area contributed by atoms with E-state index in [0.29, 0.717) is 11.8 Å². The second-order valence-electron chi connectivity index (χ2n) is 5.80. The van der Waals surface area contributed by atoms with Crippen molar-refractivity contribution in [1.29, 1.82) is 0 Å². The van der Waals surface area contributed by atoms with Crippen LogP contribution in [0.1, 0.15) is 19.4 Å². The fourth-order valence-electron chi connectivity index (χ4n) is 2.75. The van der Waals surface area contributed by atoms with Gasteiger partial charge in [0, 0.05) is 32.2 Å². The first-order valence-electron chi connectivity index (χ1n) is 8.34. The van der Waals surface area contributed by atoms with Gasteiger partial charge in [-0.15, -0.1) is 0 Å². The summed E-state index contributed by atoms with van der Waals surface area (Å²) < 4.78 is 38.7. The molecule has 6 nitrogen and oxygen atoms in total. The van der Waals surface area contributed by atoms with Gasteiger partial charge in [-0.2, -0.15) is 13.2 Å². The number of benzene rings is 1. The number of hydrogen-bond donors (Lipinski definition) is 0. The van der Waals surface area contributed by atoms with E-state index in [1.54, 1.807) is 6.07 Å². The van der Waals surface area contributed by atoms with E-state index in [2.05, 4.69) is 9.88 Å². The Morgan fingerprint density at radius 1 is 1.12 bits per heavy atom. The van der Waals surface area contributed by atoms with Gasteiger partial charge in [0.15, 0.2) is 0 Å². The Labute approximate surface area is 149 Å². The monoisotopic (exact) mass is 370 g/mol.